The Labute approximate surface area is 220 Å². The van der Waals surface area contributed by atoms with E-state index in [9.17, 15) is 31.9 Å². The van der Waals surface area contributed by atoms with Crippen LogP contribution in [-0.2, 0) is 11.0 Å². The number of aliphatic imine (C=N–C) groups is 1. The smallest absolute Gasteiger partial charge is 0.416 e. The van der Waals surface area contributed by atoms with E-state index in [1.165, 1.54) is 41.3 Å². The fourth-order valence-electron chi connectivity index (χ4n) is 4.71. The Balaban J connectivity index is 1.68. The lowest BCUT2D eigenvalue weighted by Crippen LogP contribution is -2.39. The fraction of sp³-hybridized carbons (Fsp3) is 0.133. The molecule has 4 aromatic carbocycles. The van der Waals surface area contributed by atoms with Gasteiger partial charge >= 0.3 is 12.1 Å². The molecule has 0 aliphatic carbocycles. The second-order valence-electron chi connectivity index (χ2n) is 9.19. The number of aliphatic carboxylic acids is 1. The van der Waals surface area contributed by atoms with Gasteiger partial charge in [0.25, 0.3) is 0 Å². The van der Waals surface area contributed by atoms with Crippen LogP contribution in [0.25, 0.3) is 11.1 Å². The summed E-state index contributed by atoms with van der Waals surface area (Å²) in [6.07, 6.45) is -5.15. The van der Waals surface area contributed by atoms with Gasteiger partial charge in [-0.2, -0.15) is 13.2 Å². The highest BCUT2D eigenvalue weighted by atomic mass is 19.4. The zero-order valence-electron chi connectivity index (χ0n) is 20.5. The van der Waals surface area contributed by atoms with Crippen molar-refractivity contribution in [1.82, 2.24) is 0 Å². The zero-order valence-corrected chi connectivity index (χ0v) is 20.5. The summed E-state index contributed by atoms with van der Waals surface area (Å²) in [5.74, 6) is -2.13. The SMILES string of the molecule is Cc1cc(-c2ccc(C3=Nc4c(F)cccc4C(CC(=O)O)N3c3cccc(C(F)(F)F)c3)cc2)ccc1F. The van der Waals surface area contributed by atoms with Crippen molar-refractivity contribution in [2.24, 2.45) is 4.99 Å². The highest BCUT2D eigenvalue weighted by Gasteiger charge is 2.37. The molecular formula is C30H21F5N2O2. The Morgan fingerprint density at radius 3 is 2.21 bits per heavy atom. The molecular weight excluding hydrogens is 515 g/mol. The molecule has 1 atom stereocenters. The van der Waals surface area contributed by atoms with E-state index in [1.807, 2.05) is 0 Å². The van der Waals surface area contributed by atoms with Crippen LogP contribution in [0.15, 0.2) is 89.9 Å². The van der Waals surface area contributed by atoms with Crippen molar-refractivity contribution in [3.05, 3.63) is 119 Å². The second kappa shape index (κ2) is 9.98. The Bertz CT molecular complexity index is 1600. The summed E-state index contributed by atoms with van der Waals surface area (Å²) >= 11 is 0. The molecule has 198 valence electrons. The van der Waals surface area contributed by atoms with Crippen molar-refractivity contribution < 1.29 is 31.9 Å². The van der Waals surface area contributed by atoms with Crippen LogP contribution in [0.1, 0.15) is 34.7 Å². The van der Waals surface area contributed by atoms with Crippen LogP contribution in [-0.4, -0.2) is 16.9 Å². The minimum atomic E-state index is -4.63. The van der Waals surface area contributed by atoms with Gasteiger partial charge in [-0.3, -0.25) is 4.79 Å². The first-order valence-corrected chi connectivity index (χ1v) is 12.0. The highest BCUT2D eigenvalue weighted by Crippen LogP contribution is 2.43. The lowest BCUT2D eigenvalue weighted by Gasteiger charge is -2.38. The van der Waals surface area contributed by atoms with Gasteiger partial charge in [-0.15, -0.1) is 0 Å². The van der Waals surface area contributed by atoms with Gasteiger partial charge in [0.1, 0.15) is 23.2 Å². The number of alkyl halides is 3. The molecule has 0 saturated heterocycles. The van der Waals surface area contributed by atoms with Crippen molar-refractivity contribution in [2.75, 3.05) is 4.90 Å². The molecule has 1 aliphatic rings. The normalized spacial score (nSPS) is 15.1. The van der Waals surface area contributed by atoms with Crippen LogP contribution >= 0.6 is 0 Å². The number of carboxylic acid groups (broad SMARTS) is 1. The molecule has 39 heavy (non-hydrogen) atoms. The zero-order chi connectivity index (χ0) is 27.9. The number of nitrogens with zero attached hydrogens (tertiary/aromatic N) is 2. The molecule has 0 spiro atoms. The first-order chi connectivity index (χ1) is 18.5. The number of hydrogen-bond donors (Lipinski definition) is 1. The van der Waals surface area contributed by atoms with Crippen LogP contribution < -0.4 is 4.90 Å². The Morgan fingerprint density at radius 1 is 0.872 bits per heavy atom. The van der Waals surface area contributed by atoms with Gasteiger partial charge in [0.2, 0.25) is 0 Å². The lowest BCUT2D eigenvalue weighted by molar-refractivity contribution is -0.138. The van der Waals surface area contributed by atoms with Gasteiger partial charge in [-0.05, 0) is 60.0 Å². The van der Waals surface area contributed by atoms with E-state index >= 15 is 0 Å². The van der Waals surface area contributed by atoms with Gasteiger partial charge in [-0.25, -0.2) is 13.8 Å². The van der Waals surface area contributed by atoms with Crippen molar-refractivity contribution in [3.8, 4) is 11.1 Å². The number of para-hydroxylation sites is 1. The standard InChI is InChI=1S/C30H21F5N2O2/c1-17-14-20(12-13-24(17)31)18-8-10-19(11-9-18)29-36-28-23(6-3-7-25(28)32)26(16-27(38)39)37(29)22-5-2-4-21(15-22)30(33,34)35/h2-15,26H,16H2,1H3,(H,38,39). The van der Waals surface area contributed by atoms with E-state index in [-0.39, 0.29) is 28.6 Å². The van der Waals surface area contributed by atoms with Crippen molar-refractivity contribution >= 4 is 23.2 Å². The summed E-state index contributed by atoms with van der Waals surface area (Å²) in [6.45, 7) is 1.64. The first kappa shape index (κ1) is 26.1. The molecule has 4 aromatic rings. The molecule has 0 radical (unpaired) electrons. The van der Waals surface area contributed by atoms with Gasteiger partial charge in [0.15, 0.2) is 0 Å². The molecule has 4 nitrogen and oxygen atoms in total. The Kier molecular flexibility index (Phi) is 6.68. The average molecular weight is 537 g/mol. The predicted octanol–water partition coefficient (Wildman–Crippen LogP) is 8.07. The molecule has 1 aliphatic heterocycles. The monoisotopic (exact) mass is 536 g/mol. The van der Waals surface area contributed by atoms with Gasteiger partial charge in [0, 0.05) is 16.8 Å². The molecule has 0 aromatic heterocycles. The molecule has 1 unspecified atom stereocenters. The van der Waals surface area contributed by atoms with Crippen LogP contribution in [0.4, 0.5) is 33.3 Å². The topological polar surface area (TPSA) is 52.9 Å². The highest BCUT2D eigenvalue weighted by molar-refractivity contribution is 6.13. The van der Waals surface area contributed by atoms with E-state index in [4.69, 9.17) is 0 Å². The van der Waals surface area contributed by atoms with Gasteiger partial charge in [-0.1, -0.05) is 48.5 Å². The van der Waals surface area contributed by atoms with Crippen LogP contribution in [0.2, 0.25) is 0 Å². The molecule has 9 heteroatoms. The summed E-state index contributed by atoms with van der Waals surface area (Å²) in [4.78, 5) is 17.8. The predicted molar refractivity (Wildman–Crippen MR) is 138 cm³/mol. The van der Waals surface area contributed by atoms with Gasteiger partial charge < -0.3 is 10.0 Å². The van der Waals surface area contributed by atoms with E-state index in [0.717, 1.165) is 23.3 Å². The fourth-order valence-corrected chi connectivity index (χ4v) is 4.71. The molecule has 5 rings (SSSR count). The number of aryl methyl sites for hydroxylation is 1. The number of benzene rings is 4. The maximum atomic E-state index is 14.9. The molecule has 1 heterocycles. The maximum Gasteiger partial charge on any atom is 0.416 e. The van der Waals surface area contributed by atoms with Crippen molar-refractivity contribution in [2.45, 2.75) is 25.6 Å². The summed E-state index contributed by atoms with van der Waals surface area (Å²) in [7, 11) is 0. The molecule has 0 fully saturated rings. The van der Waals surface area contributed by atoms with Crippen molar-refractivity contribution in [3.63, 3.8) is 0 Å². The Hall–Kier alpha value is -4.53. The third-order valence-corrected chi connectivity index (χ3v) is 6.59. The molecule has 0 bridgehead atoms. The third-order valence-electron chi connectivity index (χ3n) is 6.59. The summed E-state index contributed by atoms with van der Waals surface area (Å²) in [6, 6.07) is 19.0. The molecule has 1 N–H and O–H groups in total. The summed E-state index contributed by atoms with van der Waals surface area (Å²) in [5, 5.41) is 9.70. The first-order valence-electron chi connectivity index (χ1n) is 12.0. The maximum absolute atomic E-state index is 14.9. The summed E-state index contributed by atoms with van der Waals surface area (Å²) < 4.78 is 69.5. The molecule has 0 amide bonds. The summed E-state index contributed by atoms with van der Waals surface area (Å²) in [5.41, 5.74) is 1.71. The largest absolute Gasteiger partial charge is 0.481 e. The van der Waals surface area contributed by atoms with E-state index in [2.05, 4.69) is 4.99 Å². The number of carbonyl (C=O) groups is 1. The quantitative estimate of drug-likeness (QED) is 0.263. The number of anilines is 1. The number of halogens is 5. The minimum Gasteiger partial charge on any atom is -0.481 e. The van der Waals surface area contributed by atoms with Crippen LogP contribution in [0.5, 0.6) is 0 Å². The lowest BCUT2D eigenvalue weighted by atomic mass is 9.94. The third kappa shape index (κ3) is 5.12. The van der Waals surface area contributed by atoms with E-state index in [0.29, 0.717) is 11.1 Å². The number of fused-ring (bicyclic) bond motifs is 1. The number of carboxylic acids is 1. The average Bonchev–Trinajstić information content (AvgIpc) is 2.90. The minimum absolute atomic E-state index is 0.0583. The van der Waals surface area contributed by atoms with E-state index in [1.54, 1.807) is 43.3 Å². The second-order valence-corrected chi connectivity index (χ2v) is 9.19. The van der Waals surface area contributed by atoms with Crippen LogP contribution in [0, 0.1) is 18.6 Å². The van der Waals surface area contributed by atoms with Crippen molar-refractivity contribution in [1.29, 1.82) is 0 Å². The van der Waals surface area contributed by atoms with E-state index < -0.39 is 36.0 Å². The van der Waals surface area contributed by atoms with Gasteiger partial charge in [0.05, 0.1) is 18.0 Å². The number of amidine groups is 1. The van der Waals surface area contributed by atoms with Crippen LogP contribution in [0.3, 0.4) is 0 Å². The number of rotatable bonds is 5. The number of hydrogen-bond acceptors (Lipinski definition) is 3. The molecule has 0 saturated carbocycles. The Morgan fingerprint density at radius 2 is 1.54 bits per heavy atom.